The third-order valence-corrected chi connectivity index (χ3v) is 3.81. The molecule has 99 valence electrons. The Morgan fingerprint density at radius 2 is 1.74 bits per heavy atom. The molecular formula is C13H10ClO4S. The molecule has 0 unspecified atom stereocenters. The first kappa shape index (κ1) is 13.7. The molecule has 0 fully saturated rings. The van der Waals surface area contributed by atoms with Crippen LogP contribution in [0.5, 0.6) is 17.2 Å². The Morgan fingerprint density at radius 1 is 1.05 bits per heavy atom. The molecule has 2 aromatic carbocycles. The van der Waals surface area contributed by atoms with Gasteiger partial charge in [-0.1, -0.05) is 23.7 Å². The Morgan fingerprint density at radius 3 is 2.32 bits per heavy atom. The molecule has 0 saturated heterocycles. The van der Waals surface area contributed by atoms with Crippen molar-refractivity contribution in [2.45, 2.75) is 4.90 Å². The molecule has 4 nitrogen and oxygen atoms in total. The van der Waals surface area contributed by atoms with Gasteiger partial charge in [-0.25, -0.2) is 8.42 Å². The molecule has 2 aromatic rings. The van der Waals surface area contributed by atoms with Crippen molar-refractivity contribution in [1.82, 2.24) is 0 Å². The van der Waals surface area contributed by atoms with E-state index in [-0.39, 0.29) is 27.2 Å². The van der Waals surface area contributed by atoms with E-state index < -0.39 is 9.84 Å². The second kappa shape index (κ2) is 5.11. The highest BCUT2D eigenvalue weighted by molar-refractivity contribution is 7.90. The monoisotopic (exact) mass is 297 g/mol. The first-order valence-corrected chi connectivity index (χ1v) is 7.58. The number of hydrogen-bond acceptors (Lipinski definition) is 3. The first-order chi connectivity index (χ1) is 8.88. The molecule has 0 atom stereocenters. The maximum absolute atomic E-state index is 11.5. The Bertz CT molecular complexity index is 710. The minimum absolute atomic E-state index is 0.0975. The highest BCUT2D eigenvalue weighted by atomic mass is 35.5. The summed E-state index contributed by atoms with van der Waals surface area (Å²) in [5, 5.41) is 11.6. The average molecular weight is 298 g/mol. The van der Waals surface area contributed by atoms with Crippen LogP contribution in [0.2, 0.25) is 5.02 Å². The molecule has 0 heterocycles. The molecule has 0 N–H and O–H groups in total. The van der Waals surface area contributed by atoms with Crippen LogP contribution in [0.25, 0.3) is 0 Å². The summed E-state index contributed by atoms with van der Waals surface area (Å²) in [6.07, 6.45) is 1.09. The predicted octanol–water partition coefficient (Wildman–Crippen LogP) is 3.68. The summed E-state index contributed by atoms with van der Waals surface area (Å²) >= 11 is 5.95. The van der Waals surface area contributed by atoms with Crippen LogP contribution >= 0.6 is 11.6 Å². The van der Waals surface area contributed by atoms with Crippen molar-refractivity contribution in [3.63, 3.8) is 0 Å². The molecule has 0 saturated carbocycles. The summed E-state index contributed by atoms with van der Waals surface area (Å²) in [4.78, 5) is 0.0975. The van der Waals surface area contributed by atoms with Gasteiger partial charge in [0.1, 0.15) is 5.75 Å². The lowest BCUT2D eigenvalue weighted by Crippen LogP contribution is -1.97. The molecule has 0 spiro atoms. The number of benzene rings is 2. The van der Waals surface area contributed by atoms with Crippen LogP contribution in [-0.4, -0.2) is 14.7 Å². The van der Waals surface area contributed by atoms with Crippen LogP contribution in [0.4, 0.5) is 0 Å². The maximum atomic E-state index is 11.5. The molecule has 0 bridgehead atoms. The Hall–Kier alpha value is -1.72. The van der Waals surface area contributed by atoms with Gasteiger partial charge < -0.3 is 4.74 Å². The summed E-state index contributed by atoms with van der Waals surface area (Å²) in [6, 6.07) is 10.2. The fourth-order valence-electron chi connectivity index (χ4n) is 1.45. The van der Waals surface area contributed by atoms with Gasteiger partial charge in [0, 0.05) is 6.26 Å². The van der Waals surface area contributed by atoms with Crippen molar-refractivity contribution < 1.29 is 18.3 Å². The molecule has 0 aliphatic carbocycles. The normalized spacial score (nSPS) is 11.3. The van der Waals surface area contributed by atoms with E-state index in [1.165, 1.54) is 30.3 Å². The van der Waals surface area contributed by atoms with Gasteiger partial charge in [0.15, 0.2) is 15.6 Å². The summed E-state index contributed by atoms with van der Waals surface area (Å²) in [5.74, 6) is 0.0969. The van der Waals surface area contributed by atoms with Crippen molar-refractivity contribution in [3.8, 4) is 17.2 Å². The molecule has 0 aromatic heterocycles. The molecule has 19 heavy (non-hydrogen) atoms. The lowest BCUT2D eigenvalue weighted by molar-refractivity contribution is 0.329. The number of para-hydroxylation sites is 2. The highest BCUT2D eigenvalue weighted by Crippen LogP contribution is 2.35. The number of sulfone groups is 1. The van der Waals surface area contributed by atoms with Crippen LogP contribution in [0.3, 0.4) is 0 Å². The van der Waals surface area contributed by atoms with Crippen molar-refractivity contribution in [2.24, 2.45) is 0 Å². The van der Waals surface area contributed by atoms with E-state index in [9.17, 15) is 13.5 Å². The summed E-state index contributed by atoms with van der Waals surface area (Å²) in [7, 11) is -3.32. The van der Waals surface area contributed by atoms with Gasteiger partial charge in [-0.2, -0.15) is 0 Å². The van der Waals surface area contributed by atoms with E-state index in [2.05, 4.69) is 0 Å². The highest BCUT2D eigenvalue weighted by Gasteiger charge is 2.12. The number of halogens is 1. The second-order valence-electron chi connectivity index (χ2n) is 3.91. The van der Waals surface area contributed by atoms with E-state index in [0.717, 1.165) is 6.26 Å². The van der Waals surface area contributed by atoms with Crippen molar-refractivity contribution in [1.29, 1.82) is 0 Å². The second-order valence-corrected chi connectivity index (χ2v) is 6.34. The molecular weight excluding hydrogens is 288 g/mol. The van der Waals surface area contributed by atoms with Gasteiger partial charge in [0.05, 0.1) is 9.92 Å². The average Bonchev–Trinajstić information content (AvgIpc) is 2.33. The summed E-state index contributed by atoms with van der Waals surface area (Å²) in [6.45, 7) is 0. The number of rotatable bonds is 3. The SMILES string of the molecule is CS(=O)(=O)c1ccc(Oc2ccccc2[O])c(Cl)c1. The zero-order chi connectivity index (χ0) is 14.0. The van der Waals surface area contributed by atoms with Crippen LogP contribution in [0, 0.1) is 0 Å². The van der Waals surface area contributed by atoms with E-state index in [1.807, 2.05) is 0 Å². The Kier molecular flexibility index (Phi) is 3.68. The zero-order valence-electron chi connectivity index (χ0n) is 9.96. The molecule has 2 rings (SSSR count). The summed E-state index contributed by atoms with van der Waals surface area (Å²) < 4.78 is 28.1. The fraction of sp³-hybridized carbons (Fsp3) is 0.0769. The quantitative estimate of drug-likeness (QED) is 0.868. The molecule has 0 aliphatic rings. The molecule has 0 amide bonds. The van der Waals surface area contributed by atoms with Gasteiger partial charge in [0.2, 0.25) is 5.75 Å². The minimum atomic E-state index is -3.32. The standard InChI is InChI=1S/C13H10ClO4S/c1-19(16,17)9-6-7-12(10(14)8-9)18-13-5-3-2-4-11(13)15/h2-8H,1H3. The third kappa shape index (κ3) is 3.19. The van der Waals surface area contributed by atoms with Crippen LogP contribution in [0.1, 0.15) is 0 Å². The van der Waals surface area contributed by atoms with Gasteiger partial charge in [0.25, 0.3) is 0 Å². The van der Waals surface area contributed by atoms with Crippen molar-refractivity contribution in [2.75, 3.05) is 6.26 Å². The van der Waals surface area contributed by atoms with Gasteiger partial charge in [-0.05, 0) is 30.3 Å². The number of hydrogen-bond donors (Lipinski definition) is 0. The van der Waals surface area contributed by atoms with Crippen LogP contribution in [0.15, 0.2) is 47.4 Å². The van der Waals surface area contributed by atoms with Crippen LogP contribution in [-0.2, 0) is 14.9 Å². The minimum Gasteiger partial charge on any atom is -0.452 e. The van der Waals surface area contributed by atoms with E-state index in [1.54, 1.807) is 12.1 Å². The summed E-state index contributed by atoms with van der Waals surface area (Å²) in [5.41, 5.74) is 0. The Balaban J connectivity index is 2.36. The predicted molar refractivity (Wildman–Crippen MR) is 71.2 cm³/mol. The van der Waals surface area contributed by atoms with Gasteiger partial charge in [-0.15, -0.1) is 0 Å². The number of ether oxygens (including phenoxy) is 1. The molecule has 6 heteroatoms. The van der Waals surface area contributed by atoms with E-state index >= 15 is 0 Å². The lowest BCUT2D eigenvalue weighted by atomic mass is 10.3. The maximum Gasteiger partial charge on any atom is 0.221 e. The Labute approximate surface area is 116 Å². The van der Waals surface area contributed by atoms with Gasteiger partial charge in [-0.3, -0.25) is 5.11 Å². The molecule has 0 aliphatic heterocycles. The third-order valence-electron chi connectivity index (χ3n) is 2.40. The largest absolute Gasteiger partial charge is 0.452 e. The van der Waals surface area contributed by atoms with E-state index in [4.69, 9.17) is 16.3 Å². The molecule has 1 radical (unpaired) electrons. The topological polar surface area (TPSA) is 63.3 Å². The van der Waals surface area contributed by atoms with Gasteiger partial charge >= 0.3 is 0 Å². The first-order valence-electron chi connectivity index (χ1n) is 5.31. The van der Waals surface area contributed by atoms with E-state index in [0.29, 0.717) is 0 Å². The lowest BCUT2D eigenvalue weighted by Gasteiger charge is -2.08. The van der Waals surface area contributed by atoms with Crippen LogP contribution < -0.4 is 4.74 Å². The van der Waals surface area contributed by atoms with Crippen molar-refractivity contribution in [3.05, 3.63) is 47.5 Å². The zero-order valence-corrected chi connectivity index (χ0v) is 11.5. The fourth-order valence-corrected chi connectivity index (χ4v) is 2.38. The van der Waals surface area contributed by atoms with Crippen molar-refractivity contribution >= 4 is 21.4 Å². The smallest absolute Gasteiger partial charge is 0.221 e.